The molecule has 2 aromatic carbocycles. The summed E-state index contributed by atoms with van der Waals surface area (Å²) >= 11 is 6.01. The van der Waals surface area contributed by atoms with E-state index < -0.39 is 0 Å². The van der Waals surface area contributed by atoms with Gasteiger partial charge in [0.05, 0.1) is 17.3 Å². The first kappa shape index (κ1) is 16.8. The second-order valence-corrected chi connectivity index (χ2v) is 5.23. The van der Waals surface area contributed by atoms with Crippen LogP contribution >= 0.6 is 11.6 Å². The molecule has 2 rings (SSSR count). The van der Waals surface area contributed by atoms with E-state index in [1.165, 1.54) is 0 Å². The summed E-state index contributed by atoms with van der Waals surface area (Å²) in [6, 6.07) is 14.0. The van der Waals surface area contributed by atoms with Crippen molar-refractivity contribution in [1.82, 2.24) is 5.32 Å². The molecule has 2 aromatic rings. The monoisotopic (exact) mass is 331 g/mol. The number of nitrogens with one attached hydrogen (secondary N) is 3. The third kappa shape index (κ3) is 5.00. The summed E-state index contributed by atoms with van der Waals surface area (Å²) in [5.41, 5.74) is 1.77. The molecule has 0 heterocycles. The van der Waals surface area contributed by atoms with Crippen molar-refractivity contribution in [3.63, 3.8) is 0 Å². The number of carbonyl (C=O) groups is 2. The van der Waals surface area contributed by atoms with Gasteiger partial charge < -0.3 is 16.0 Å². The largest absolute Gasteiger partial charge is 0.375 e. The van der Waals surface area contributed by atoms with Gasteiger partial charge in [0.1, 0.15) is 0 Å². The number of hydrogen-bond acceptors (Lipinski definition) is 3. The Bertz CT molecular complexity index is 704. The van der Waals surface area contributed by atoms with Gasteiger partial charge in [-0.05, 0) is 37.3 Å². The molecule has 2 amide bonds. The summed E-state index contributed by atoms with van der Waals surface area (Å²) in [6.07, 6.45) is 0. The standard InChI is InChI=1S/C17H18ClN3O2/c1-2-19-17(23)12-6-5-7-13(10-12)21-16(22)11-20-15-9-4-3-8-14(15)18/h3-10,20H,2,11H2,1H3,(H,19,23)(H,21,22). The van der Waals surface area contributed by atoms with Crippen molar-refractivity contribution in [3.05, 3.63) is 59.1 Å². The van der Waals surface area contributed by atoms with Gasteiger partial charge in [0, 0.05) is 17.8 Å². The van der Waals surface area contributed by atoms with Crippen molar-refractivity contribution in [2.75, 3.05) is 23.7 Å². The van der Waals surface area contributed by atoms with Crippen molar-refractivity contribution in [1.29, 1.82) is 0 Å². The summed E-state index contributed by atoms with van der Waals surface area (Å²) in [5, 5.41) is 8.98. The zero-order chi connectivity index (χ0) is 16.7. The van der Waals surface area contributed by atoms with Gasteiger partial charge in [0.2, 0.25) is 5.91 Å². The lowest BCUT2D eigenvalue weighted by atomic mass is 10.2. The average molecular weight is 332 g/mol. The summed E-state index contributed by atoms with van der Waals surface area (Å²) in [6.45, 7) is 2.48. The molecule has 0 aliphatic carbocycles. The van der Waals surface area contributed by atoms with Gasteiger partial charge in [-0.25, -0.2) is 0 Å². The van der Waals surface area contributed by atoms with Crippen molar-refractivity contribution >= 4 is 34.8 Å². The van der Waals surface area contributed by atoms with Crippen LogP contribution in [0.3, 0.4) is 0 Å². The summed E-state index contributed by atoms with van der Waals surface area (Å²) in [4.78, 5) is 23.8. The Balaban J connectivity index is 1.94. The third-order valence-corrected chi connectivity index (χ3v) is 3.39. The minimum atomic E-state index is -0.224. The van der Waals surface area contributed by atoms with Gasteiger partial charge in [0.15, 0.2) is 0 Å². The fourth-order valence-electron chi connectivity index (χ4n) is 1.99. The smallest absolute Gasteiger partial charge is 0.251 e. The number of anilines is 2. The fourth-order valence-corrected chi connectivity index (χ4v) is 2.19. The SMILES string of the molecule is CCNC(=O)c1cccc(NC(=O)CNc2ccccc2Cl)c1. The Morgan fingerprint density at radius 3 is 2.61 bits per heavy atom. The van der Waals surface area contributed by atoms with Gasteiger partial charge in [-0.2, -0.15) is 0 Å². The molecule has 3 N–H and O–H groups in total. The van der Waals surface area contributed by atoms with Crippen molar-refractivity contribution in [3.8, 4) is 0 Å². The van der Waals surface area contributed by atoms with Gasteiger partial charge in [-0.15, -0.1) is 0 Å². The first-order chi connectivity index (χ1) is 11.1. The minimum Gasteiger partial charge on any atom is -0.375 e. The Labute approximate surface area is 140 Å². The summed E-state index contributed by atoms with van der Waals surface area (Å²) in [7, 11) is 0. The van der Waals surface area contributed by atoms with E-state index in [1.54, 1.807) is 36.4 Å². The Morgan fingerprint density at radius 2 is 1.87 bits per heavy atom. The maximum absolute atomic E-state index is 12.0. The average Bonchev–Trinajstić information content (AvgIpc) is 2.54. The molecular weight excluding hydrogens is 314 g/mol. The number of para-hydroxylation sites is 1. The van der Waals surface area contributed by atoms with Gasteiger partial charge in [-0.1, -0.05) is 29.8 Å². The highest BCUT2D eigenvalue weighted by molar-refractivity contribution is 6.33. The van der Waals surface area contributed by atoms with Crippen LogP contribution in [0.2, 0.25) is 5.02 Å². The van der Waals surface area contributed by atoms with Crippen LogP contribution in [0.15, 0.2) is 48.5 Å². The number of rotatable bonds is 6. The van der Waals surface area contributed by atoms with Gasteiger partial charge in [0.25, 0.3) is 5.91 Å². The molecule has 0 aliphatic rings. The molecule has 5 nitrogen and oxygen atoms in total. The van der Waals surface area contributed by atoms with Gasteiger partial charge in [-0.3, -0.25) is 9.59 Å². The first-order valence-corrected chi connectivity index (χ1v) is 7.64. The Morgan fingerprint density at radius 1 is 1.09 bits per heavy atom. The molecule has 0 unspecified atom stereocenters. The molecule has 23 heavy (non-hydrogen) atoms. The van der Waals surface area contributed by atoms with E-state index in [0.717, 1.165) is 0 Å². The molecular formula is C17H18ClN3O2. The van der Waals surface area contributed by atoms with E-state index in [1.807, 2.05) is 19.1 Å². The molecule has 0 saturated carbocycles. The number of hydrogen-bond donors (Lipinski definition) is 3. The Hall–Kier alpha value is -2.53. The van der Waals surface area contributed by atoms with Crippen molar-refractivity contribution < 1.29 is 9.59 Å². The molecule has 0 spiro atoms. The van der Waals surface area contributed by atoms with Crippen LogP contribution in [0.1, 0.15) is 17.3 Å². The van der Waals surface area contributed by atoms with Crippen LogP contribution in [-0.2, 0) is 4.79 Å². The van der Waals surface area contributed by atoms with Crippen molar-refractivity contribution in [2.24, 2.45) is 0 Å². The van der Waals surface area contributed by atoms with E-state index in [0.29, 0.717) is 28.5 Å². The number of halogens is 1. The first-order valence-electron chi connectivity index (χ1n) is 7.26. The number of carbonyl (C=O) groups excluding carboxylic acids is 2. The maximum Gasteiger partial charge on any atom is 0.251 e. The molecule has 6 heteroatoms. The summed E-state index contributed by atoms with van der Waals surface area (Å²) < 4.78 is 0. The predicted octanol–water partition coefficient (Wildman–Crippen LogP) is 3.14. The third-order valence-electron chi connectivity index (χ3n) is 3.06. The van der Waals surface area contributed by atoms with E-state index in [4.69, 9.17) is 11.6 Å². The molecule has 0 fully saturated rings. The lowest BCUT2D eigenvalue weighted by Gasteiger charge is -2.10. The highest BCUT2D eigenvalue weighted by Crippen LogP contribution is 2.20. The number of amides is 2. The lowest BCUT2D eigenvalue weighted by molar-refractivity contribution is -0.114. The van der Waals surface area contributed by atoms with Crippen LogP contribution in [0.5, 0.6) is 0 Å². The molecule has 0 aromatic heterocycles. The van der Waals surface area contributed by atoms with Crippen LogP contribution in [0.25, 0.3) is 0 Å². The topological polar surface area (TPSA) is 70.2 Å². The zero-order valence-corrected chi connectivity index (χ0v) is 13.5. The lowest BCUT2D eigenvalue weighted by Crippen LogP contribution is -2.24. The second kappa shape index (κ2) is 8.19. The highest BCUT2D eigenvalue weighted by atomic mass is 35.5. The fraction of sp³-hybridized carbons (Fsp3) is 0.176. The molecule has 0 aliphatic heterocycles. The van der Waals surface area contributed by atoms with E-state index in [-0.39, 0.29) is 18.4 Å². The van der Waals surface area contributed by atoms with Crippen LogP contribution in [-0.4, -0.2) is 24.9 Å². The molecule has 0 bridgehead atoms. The molecule has 0 saturated heterocycles. The van der Waals surface area contributed by atoms with Crippen molar-refractivity contribution in [2.45, 2.75) is 6.92 Å². The highest BCUT2D eigenvalue weighted by Gasteiger charge is 2.07. The zero-order valence-electron chi connectivity index (χ0n) is 12.7. The summed E-state index contributed by atoms with van der Waals surface area (Å²) in [5.74, 6) is -0.393. The number of benzene rings is 2. The second-order valence-electron chi connectivity index (χ2n) is 4.82. The van der Waals surface area contributed by atoms with E-state index in [2.05, 4.69) is 16.0 Å². The normalized spacial score (nSPS) is 10.0. The Kier molecular flexibility index (Phi) is 6.00. The predicted molar refractivity (Wildman–Crippen MR) is 93.0 cm³/mol. The minimum absolute atomic E-state index is 0.0785. The van der Waals surface area contributed by atoms with Crippen LogP contribution in [0.4, 0.5) is 11.4 Å². The van der Waals surface area contributed by atoms with E-state index in [9.17, 15) is 9.59 Å². The van der Waals surface area contributed by atoms with Gasteiger partial charge >= 0.3 is 0 Å². The van der Waals surface area contributed by atoms with Crippen LogP contribution < -0.4 is 16.0 Å². The molecule has 120 valence electrons. The quantitative estimate of drug-likeness (QED) is 0.761. The van der Waals surface area contributed by atoms with E-state index >= 15 is 0 Å². The van der Waals surface area contributed by atoms with Crippen LogP contribution in [0, 0.1) is 0 Å². The molecule has 0 atom stereocenters. The molecule has 0 radical (unpaired) electrons. The maximum atomic E-state index is 12.0.